The maximum Gasteiger partial charge on any atom is 0.303 e. The number of carboxylic acid groups (broad SMARTS) is 1. The lowest BCUT2D eigenvalue weighted by molar-refractivity contribution is -0.137. The van der Waals surface area contributed by atoms with Crippen molar-refractivity contribution in [3.63, 3.8) is 0 Å². The molecular weight excluding hydrogens is 270 g/mol. The van der Waals surface area contributed by atoms with Gasteiger partial charge in [0, 0.05) is 25.6 Å². The minimum atomic E-state index is -0.751. The molecule has 0 heterocycles. The normalized spacial score (nSPS) is 10.3. The van der Waals surface area contributed by atoms with Gasteiger partial charge in [0.15, 0.2) is 0 Å². The quantitative estimate of drug-likeness (QED) is 0.650. The Labute approximate surface area is 125 Å². The summed E-state index contributed by atoms with van der Waals surface area (Å²) in [6, 6.07) is 7.37. The van der Waals surface area contributed by atoms with Crippen LogP contribution in [0.25, 0.3) is 0 Å². The topological polar surface area (TPSA) is 75.6 Å². The second-order valence-corrected chi connectivity index (χ2v) is 4.95. The Morgan fingerprint density at radius 2 is 1.95 bits per heavy atom. The Kier molecular flexibility index (Phi) is 8.12. The highest BCUT2D eigenvalue weighted by Crippen LogP contribution is 2.07. The summed E-state index contributed by atoms with van der Waals surface area (Å²) in [6.45, 7) is 1.10. The number of hydrogen-bond acceptors (Lipinski definition) is 3. The zero-order chi connectivity index (χ0) is 15.5. The van der Waals surface area contributed by atoms with Crippen LogP contribution in [0, 0.1) is 0 Å². The Morgan fingerprint density at radius 1 is 1.19 bits per heavy atom. The van der Waals surface area contributed by atoms with Gasteiger partial charge < -0.3 is 15.2 Å². The number of aliphatic carboxylic acids is 1. The van der Waals surface area contributed by atoms with Crippen molar-refractivity contribution in [3.05, 3.63) is 35.4 Å². The van der Waals surface area contributed by atoms with Gasteiger partial charge in [-0.05, 0) is 30.5 Å². The smallest absolute Gasteiger partial charge is 0.303 e. The maximum absolute atomic E-state index is 11.9. The molecule has 0 aliphatic heterocycles. The minimum Gasteiger partial charge on any atom is -0.481 e. The number of hydrogen-bond donors (Lipinski definition) is 2. The van der Waals surface area contributed by atoms with Gasteiger partial charge in [0.05, 0.1) is 6.61 Å². The number of amides is 1. The third-order valence-electron chi connectivity index (χ3n) is 3.10. The van der Waals surface area contributed by atoms with Crippen molar-refractivity contribution >= 4 is 11.9 Å². The maximum atomic E-state index is 11.9. The van der Waals surface area contributed by atoms with E-state index in [1.165, 1.54) is 0 Å². The monoisotopic (exact) mass is 293 g/mol. The van der Waals surface area contributed by atoms with Gasteiger partial charge in [0.2, 0.25) is 0 Å². The lowest BCUT2D eigenvalue weighted by atomic mass is 10.1. The van der Waals surface area contributed by atoms with Crippen LogP contribution in [-0.4, -0.2) is 30.6 Å². The van der Waals surface area contributed by atoms with E-state index in [1.807, 2.05) is 18.2 Å². The summed E-state index contributed by atoms with van der Waals surface area (Å²) in [5.74, 6) is -0.835. The first-order valence-corrected chi connectivity index (χ1v) is 7.21. The SMILES string of the molecule is COCc1cccc(C(=O)NCCCCCCC(=O)O)c1. The second kappa shape index (κ2) is 9.94. The van der Waals surface area contributed by atoms with Crippen molar-refractivity contribution in [2.45, 2.75) is 38.7 Å². The Bertz CT molecular complexity index is 459. The largest absolute Gasteiger partial charge is 0.481 e. The molecule has 0 bridgehead atoms. The molecule has 1 amide bonds. The minimum absolute atomic E-state index is 0.0847. The molecule has 0 saturated carbocycles. The van der Waals surface area contributed by atoms with E-state index in [4.69, 9.17) is 9.84 Å². The van der Waals surface area contributed by atoms with Crippen LogP contribution in [0.5, 0.6) is 0 Å². The summed E-state index contributed by atoms with van der Waals surface area (Å²) in [5.41, 5.74) is 1.61. The summed E-state index contributed by atoms with van der Waals surface area (Å²) < 4.78 is 5.04. The molecule has 21 heavy (non-hydrogen) atoms. The van der Waals surface area contributed by atoms with Crippen LogP contribution in [0.4, 0.5) is 0 Å². The average molecular weight is 293 g/mol. The van der Waals surface area contributed by atoms with Gasteiger partial charge in [-0.25, -0.2) is 0 Å². The number of carboxylic acids is 1. The summed E-state index contributed by atoms with van der Waals surface area (Å²) in [4.78, 5) is 22.3. The van der Waals surface area contributed by atoms with Crippen molar-refractivity contribution in [3.8, 4) is 0 Å². The third kappa shape index (κ3) is 7.46. The van der Waals surface area contributed by atoms with Gasteiger partial charge >= 0.3 is 5.97 Å². The fourth-order valence-corrected chi connectivity index (χ4v) is 2.03. The van der Waals surface area contributed by atoms with Crippen molar-refractivity contribution in [2.75, 3.05) is 13.7 Å². The van der Waals surface area contributed by atoms with Crippen LogP contribution in [-0.2, 0) is 16.1 Å². The first-order chi connectivity index (χ1) is 10.1. The van der Waals surface area contributed by atoms with Gasteiger partial charge in [0.25, 0.3) is 5.91 Å². The standard InChI is InChI=1S/C16H23NO4/c1-21-12-13-7-6-8-14(11-13)16(20)17-10-5-3-2-4-9-15(18)19/h6-8,11H,2-5,9-10,12H2,1H3,(H,17,20)(H,18,19). The van der Waals surface area contributed by atoms with Gasteiger partial charge in [0.1, 0.15) is 0 Å². The molecule has 0 spiro atoms. The van der Waals surface area contributed by atoms with Crippen LogP contribution in [0.1, 0.15) is 48.0 Å². The number of nitrogens with one attached hydrogen (secondary N) is 1. The van der Waals surface area contributed by atoms with Crippen molar-refractivity contribution in [2.24, 2.45) is 0 Å². The fourth-order valence-electron chi connectivity index (χ4n) is 2.03. The van der Waals surface area contributed by atoms with Crippen LogP contribution < -0.4 is 5.32 Å². The number of carbonyl (C=O) groups is 2. The second-order valence-electron chi connectivity index (χ2n) is 4.95. The Balaban J connectivity index is 2.21. The molecule has 1 aromatic carbocycles. The van der Waals surface area contributed by atoms with Crippen LogP contribution >= 0.6 is 0 Å². The number of methoxy groups -OCH3 is 1. The van der Waals surface area contributed by atoms with E-state index in [0.717, 1.165) is 24.8 Å². The number of ether oxygens (including phenoxy) is 1. The van der Waals surface area contributed by atoms with E-state index in [1.54, 1.807) is 13.2 Å². The number of benzene rings is 1. The molecule has 0 unspecified atom stereocenters. The molecule has 5 heteroatoms. The van der Waals surface area contributed by atoms with E-state index in [2.05, 4.69) is 5.32 Å². The molecule has 1 aromatic rings. The molecular formula is C16H23NO4. The molecule has 0 aromatic heterocycles. The predicted molar refractivity (Wildman–Crippen MR) is 80.2 cm³/mol. The molecule has 0 saturated heterocycles. The van der Waals surface area contributed by atoms with Gasteiger partial charge in [-0.2, -0.15) is 0 Å². The number of rotatable bonds is 10. The van der Waals surface area contributed by atoms with Gasteiger partial charge in [-0.1, -0.05) is 25.0 Å². The van der Waals surface area contributed by atoms with E-state index in [-0.39, 0.29) is 12.3 Å². The Hall–Kier alpha value is -1.88. The summed E-state index contributed by atoms with van der Waals surface area (Å²) >= 11 is 0. The van der Waals surface area contributed by atoms with Gasteiger partial charge in [-0.15, -0.1) is 0 Å². The van der Waals surface area contributed by atoms with Gasteiger partial charge in [-0.3, -0.25) is 9.59 Å². The highest BCUT2D eigenvalue weighted by atomic mass is 16.5. The van der Waals surface area contributed by atoms with E-state index >= 15 is 0 Å². The summed E-state index contributed by atoms with van der Waals surface area (Å²) in [6.07, 6.45) is 3.59. The zero-order valence-electron chi connectivity index (χ0n) is 12.4. The van der Waals surface area contributed by atoms with Crippen LogP contribution in [0.3, 0.4) is 0 Å². The Morgan fingerprint density at radius 3 is 2.67 bits per heavy atom. The third-order valence-corrected chi connectivity index (χ3v) is 3.10. The van der Waals surface area contributed by atoms with E-state index in [9.17, 15) is 9.59 Å². The van der Waals surface area contributed by atoms with Crippen molar-refractivity contribution < 1.29 is 19.4 Å². The molecule has 0 aliphatic carbocycles. The number of unbranched alkanes of at least 4 members (excludes halogenated alkanes) is 3. The lowest BCUT2D eigenvalue weighted by Crippen LogP contribution is -2.24. The molecule has 5 nitrogen and oxygen atoms in total. The molecule has 0 fully saturated rings. The molecule has 2 N–H and O–H groups in total. The lowest BCUT2D eigenvalue weighted by Gasteiger charge is -2.07. The van der Waals surface area contributed by atoms with E-state index < -0.39 is 5.97 Å². The van der Waals surface area contributed by atoms with Crippen LogP contribution in [0.2, 0.25) is 0 Å². The average Bonchev–Trinajstić information content (AvgIpc) is 2.46. The zero-order valence-corrected chi connectivity index (χ0v) is 12.4. The highest BCUT2D eigenvalue weighted by molar-refractivity contribution is 5.94. The molecule has 1 rings (SSSR count). The molecule has 116 valence electrons. The predicted octanol–water partition coefficient (Wildman–Crippen LogP) is 2.60. The van der Waals surface area contributed by atoms with Crippen molar-refractivity contribution in [1.82, 2.24) is 5.32 Å². The first kappa shape index (κ1) is 17.2. The summed E-state index contributed by atoms with van der Waals surface area (Å²) in [7, 11) is 1.62. The number of carbonyl (C=O) groups excluding carboxylic acids is 1. The van der Waals surface area contributed by atoms with Crippen LogP contribution in [0.15, 0.2) is 24.3 Å². The van der Waals surface area contributed by atoms with E-state index in [0.29, 0.717) is 25.1 Å². The highest BCUT2D eigenvalue weighted by Gasteiger charge is 2.05. The first-order valence-electron chi connectivity index (χ1n) is 7.21. The molecule has 0 aliphatic rings. The fraction of sp³-hybridized carbons (Fsp3) is 0.500. The molecule has 0 radical (unpaired) electrons. The summed E-state index contributed by atoms with van der Waals surface area (Å²) in [5, 5.41) is 11.4. The van der Waals surface area contributed by atoms with Crippen molar-refractivity contribution in [1.29, 1.82) is 0 Å². The molecule has 0 atom stereocenters.